The van der Waals surface area contributed by atoms with E-state index in [0.717, 1.165) is 18.2 Å². The van der Waals surface area contributed by atoms with Gasteiger partial charge in [-0.05, 0) is 48.5 Å². The number of aliphatic carboxylic acids is 2. The Morgan fingerprint density at radius 3 is 1.79 bits per heavy atom. The number of carbonyl (C=O) groups excluding carboxylic acids is 3. The summed E-state index contributed by atoms with van der Waals surface area (Å²) in [4.78, 5) is 62.0. The topological polar surface area (TPSA) is 221 Å². The van der Waals surface area contributed by atoms with Gasteiger partial charge in [-0.25, -0.2) is 13.6 Å². The van der Waals surface area contributed by atoms with Crippen LogP contribution in [0.5, 0.6) is 0 Å². The zero-order chi connectivity index (χ0) is 31.6. The van der Waals surface area contributed by atoms with Gasteiger partial charge in [0.15, 0.2) is 0 Å². The Bertz CT molecular complexity index is 1490. The first-order chi connectivity index (χ1) is 20.3. The van der Waals surface area contributed by atoms with E-state index in [-0.39, 0.29) is 46.4 Å². The van der Waals surface area contributed by atoms with E-state index in [4.69, 9.17) is 14.4 Å². The molecule has 4 rings (SSSR count). The minimum absolute atomic E-state index is 0.0167. The largest absolute Gasteiger partial charge is 0.491 e. The summed E-state index contributed by atoms with van der Waals surface area (Å²) in [6, 6.07) is -0.715. The third-order valence-corrected chi connectivity index (χ3v) is 6.98. The monoisotopic (exact) mass is 603 g/mol. The lowest BCUT2D eigenvalue weighted by atomic mass is 9.78. The second-order valence-electron chi connectivity index (χ2n) is 9.92. The van der Waals surface area contributed by atoms with Crippen molar-refractivity contribution in [3.05, 3.63) is 58.2 Å². The van der Waals surface area contributed by atoms with Crippen molar-refractivity contribution in [2.75, 3.05) is 0 Å². The van der Waals surface area contributed by atoms with Gasteiger partial charge in [0, 0.05) is 28.7 Å². The molecule has 0 spiro atoms. The lowest BCUT2D eigenvalue weighted by molar-refractivity contribution is -0.143. The summed E-state index contributed by atoms with van der Waals surface area (Å²) in [5.41, 5.74) is -0.520. The predicted octanol–water partition coefficient (Wildman–Crippen LogP) is -2.25. The molecule has 2 aromatic carbocycles. The Morgan fingerprint density at radius 1 is 0.837 bits per heavy atom. The maximum Gasteiger partial charge on any atom is 0.491 e. The summed E-state index contributed by atoms with van der Waals surface area (Å²) < 4.78 is 39.0. The van der Waals surface area contributed by atoms with E-state index in [0.29, 0.717) is 0 Å². The van der Waals surface area contributed by atoms with Crippen molar-refractivity contribution in [1.29, 1.82) is 0 Å². The molecule has 0 saturated heterocycles. The molecule has 0 fully saturated rings. The van der Waals surface area contributed by atoms with E-state index >= 15 is 0 Å². The lowest BCUT2D eigenvalue weighted by Crippen LogP contribution is -2.59. The molecule has 0 unspecified atom stereocenters. The SMILES string of the molecule is C[C@H](NC(=O)c1cc(F)c2c(c1)B(O)OC2)[C@H](NC(=O)c1cc(F)c2c(c1)B(O)OC2)C(=O)N[C@@H](CCC(=O)O)C(=O)O. The molecule has 0 saturated carbocycles. The minimum atomic E-state index is -1.73. The fourth-order valence-electron chi connectivity index (χ4n) is 4.63. The molecule has 14 nitrogen and oxygen atoms in total. The van der Waals surface area contributed by atoms with Gasteiger partial charge < -0.3 is 45.5 Å². The smallest absolute Gasteiger partial charge is 0.481 e. The summed E-state index contributed by atoms with van der Waals surface area (Å²) in [5, 5.41) is 45.0. The third kappa shape index (κ3) is 6.99. The van der Waals surface area contributed by atoms with Crippen LogP contribution in [0.3, 0.4) is 0 Å². The number of fused-ring (bicyclic) bond motifs is 2. The predicted molar refractivity (Wildman–Crippen MR) is 142 cm³/mol. The molecular formula is C25H25B2F2N3O11. The quantitative estimate of drug-likeness (QED) is 0.136. The molecule has 43 heavy (non-hydrogen) atoms. The number of carboxylic acids is 2. The van der Waals surface area contributed by atoms with Gasteiger partial charge >= 0.3 is 26.2 Å². The number of benzene rings is 2. The Labute approximate surface area is 242 Å². The van der Waals surface area contributed by atoms with Crippen molar-refractivity contribution in [3.8, 4) is 0 Å². The second-order valence-corrected chi connectivity index (χ2v) is 9.92. The number of amides is 3. The number of rotatable bonds is 11. The van der Waals surface area contributed by atoms with E-state index < -0.39 is 86.5 Å². The van der Waals surface area contributed by atoms with E-state index in [1.807, 2.05) is 0 Å². The maximum atomic E-state index is 14.6. The molecular weight excluding hydrogens is 578 g/mol. The lowest BCUT2D eigenvalue weighted by Gasteiger charge is -2.27. The zero-order valence-corrected chi connectivity index (χ0v) is 22.4. The highest BCUT2D eigenvalue weighted by Crippen LogP contribution is 2.18. The molecule has 2 aliphatic heterocycles. The molecule has 2 aromatic rings. The third-order valence-electron chi connectivity index (χ3n) is 6.98. The summed E-state index contributed by atoms with van der Waals surface area (Å²) in [7, 11) is -2.97. The van der Waals surface area contributed by atoms with Gasteiger partial charge in [0.05, 0.1) is 19.3 Å². The number of halogens is 2. The molecule has 2 aliphatic rings. The summed E-state index contributed by atoms with van der Waals surface area (Å²) >= 11 is 0. The van der Waals surface area contributed by atoms with Crippen LogP contribution in [-0.4, -0.2) is 82.3 Å². The van der Waals surface area contributed by atoms with Crippen LogP contribution in [0.15, 0.2) is 24.3 Å². The first kappa shape index (κ1) is 31.6. The molecule has 0 bridgehead atoms. The van der Waals surface area contributed by atoms with Crippen LogP contribution in [0.25, 0.3) is 0 Å². The Hall–Kier alpha value is -4.38. The maximum absolute atomic E-state index is 14.6. The van der Waals surface area contributed by atoms with Gasteiger partial charge in [-0.1, -0.05) is 0 Å². The standard InChI is InChI=1S/C25H25B2F2N3O11/c1-10(30-22(35)11-4-15-13(17(28)6-11)8-42-26(15)40)21(24(37)31-19(25(38)39)2-3-20(33)34)32-23(36)12-5-16-14(18(29)7-12)9-43-27(16)41/h4-7,10,19,21,40-41H,2-3,8-9H2,1H3,(H,30,35)(H,31,37)(H,32,36)(H,33,34)(H,38,39)/t10-,19-,21-/m0/s1. The molecule has 2 heterocycles. The summed E-state index contributed by atoms with van der Waals surface area (Å²) in [5.74, 6) is -7.73. The van der Waals surface area contributed by atoms with Crippen molar-refractivity contribution in [2.24, 2.45) is 0 Å². The molecule has 0 radical (unpaired) electrons. The zero-order valence-electron chi connectivity index (χ0n) is 22.4. The molecule has 0 aromatic heterocycles. The molecule has 18 heteroatoms. The number of hydrogen-bond acceptors (Lipinski definition) is 9. The number of nitrogens with one attached hydrogen (secondary N) is 3. The molecule has 3 atom stereocenters. The van der Waals surface area contributed by atoms with Crippen molar-refractivity contribution in [1.82, 2.24) is 16.0 Å². The first-order valence-electron chi connectivity index (χ1n) is 12.9. The number of carboxylic acid groups (broad SMARTS) is 2. The molecule has 7 N–H and O–H groups in total. The average Bonchev–Trinajstić information content (AvgIpc) is 3.51. The number of hydrogen-bond donors (Lipinski definition) is 7. The van der Waals surface area contributed by atoms with E-state index in [1.165, 1.54) is 13.0 Å². The van der Waals surface area contributed by atoms with Crippen LogP contribution in [0.1, 0.15) is 51.6 Å². The van der Waals surface area contributed by atoms with Gasteiger partial charge in [-0.15, -0.1) is 0 Å². The molecule has 226 valence electrons. The summed E-state index contributed by atoms with van der Waals surface area (Å²) in [6.45, 7) is 0.809. The van der Waals surface area contributed by atoms with E-state index in [1.54, 1.807) is 0 Å². The normalized spacial score (nSPS) is 15.7. The highest BCUT2D eigenvalue weighted by molar-refractivity contribution is 6.62. The summed E-state index contributed by atoms with van der Waals surface area (Å²) in [6.07, 6.45) is -1.12. The van der Waals surface area contributed by atoms with Gasteiger partial charge in [0.25, 0.3) is 11.8 Å². The Kier molecular flexibility index (Phi) is 9.44. The van der Waals surface area contributed by atoms with Crippen LogP contribution in [-0.2, 0) is 36.9 Å². The Balaban J connectivity index is 1.59. The van der Waals surface area contributed by atoms with Gasteiger partial charge in [0.1, 0.15) is 23.7 Å². The van der Waals surface area contributed by atoms with Crippen molar-refractivity contribution >= 4 is 54.8 Å². The van der Waals surface area contributed by atoms with Crippen molar-refractivity contribution in [2.45, 2.75) is 51.1 Å². The average molecular weight is 603 g/mol. The van der Waals surface area contributed by atoms with E-state index in [2.05, 4.69) is 16.0 Å². The second kappa shape index (κ2) is 12.9. The van der Waals surface area contributed by atoms with Crippen LogP contribution >= 0.6 is 0 Å². The van der Waals surface area contributed by atoms with Crippen LogP contribution in [0.4, 0.5) is 8.78 Å². The number of carbonyl (C=O) groups is 5. The fourth-order valence-corrected chi connectivity index (χ4v) is 4.63. The first-order valence-corrected chi connectivity index (χ1v) is 12.9. The highest BCUT2D eigenvalue weighted by Gasteiger charge is 2.35. The van der Waals surface area contributed by atoms with Crippen LogP contribution in [0.2, 0.25) is 0 Å². The van der Waals surface area contributed by atoms with Crippen LogP contribution < -0.4 is 26.9 Å². The fraction of sp³-hybridized carbons (Fsp3) is 0.320. The van der Waals surface area contributed by atoms with Crippen molar-refractivity contribution in [3.63, 3.8) is 0 Å². The molecule has 3 amide bonds. The molecule has 0 aliphatic carbocycles. The highest BCUT2D eigenvalue weighted by atomic mass is 19.1. The van der Waals surface area contributed by atoms with Gasteiger partial charge in [-0.3, -0.25) is 19.2 Å². The van der Waals surface area contributed by atoms with Gasteiger partial charge in [0.2, 0.25) is 5.91 Å². The van der Waals surface area contributed by atoms with E-state index in [9.17, 15) is 47.9 Å². The minimum Gasteiger partial charge on any atom is -0.481 e. The van der Waals surface area contributed by atoms with Gasteiger partial charge in [-0.2, -0.15) is 0 Å². The van der Waals surface area contributed by atoms with Crippen molar-refractivity contribution < 1.29 is 62.3 Å². The Morgan fingerprint density at radius 2 is 1.33 bits per heavy atom. The van der Waals surface area contributed by atoms with Crippen LogP contribution in [0, 0.1) is 11.6 Å².